The predicted octanol–water partition coefficient (Wildman–Crippen LogP) is 2.37. The molecule has 1 amide bonds. The number of nitrogens with zero attached hydrogens (tertiary/aromatic N) is 3. The summed E-state index contributed by atoms with van der Waals surface area (Å²) in [5.41, 5.74) is 0.0931. The number of carbonyl (C=O) groups is 1. The van der Waals surface area contributed by atoms with Crippen LogP contribution in [0.3, 0.4) is 0 Å². The maximum absolute atomic E-state index is 12.4. The van der Waals surface area contributed by atoms with E-state index in [9.17, 15) is 13.2 Å². The molecule has 1 N–H and O–H groups in total. The van der Waals surface area contributed by atoms with Gasteiger partial charge < -0.3 is 9.73 Å². The molecule has 0 bridgehead atoms. The number of hydrogen-bond donors (Lipinski definition) is 1. The summed E-state index contributed by atoms with van der Waals surface area (Å²) < 4.78 is 33.8. The molecule has 0 atom stereocenters. The molecule has 9 heteroatoms. The van der Waals surface area contributed by atoms with Crippen molar-refractivity contribution in [3.05, 3.63) is 54.0 Å². The second-order valence-electron chi connectivity index (χ2n) is 7.32. The van der Waals surface area contributed by atoms with Gasteiger partial charge in [-0.15, -0.1) is 4.40 Å². The van der Waals surface area contributed by atoms with Gasteiger partial charge >= 0.3 is 0 Å². The highest BCUT2D eigenvalue weighted by molar-refractivity contribution is 7.90. The fourth-order valence-electron chi connectivity index (χ4n) is 2.67. The van der Waals surface area contributed by atoms with Gasteiger partial charge in [0, 0.05) is 17.5 Å². The second-order valence-corrected chi connectivity index (χ2v) is 8.89. The smallest absolute Gasteiger partial charge is 0.285 e. The highest BCUT2D eigenvalue weighted by Gasteiger charge is 2.32. The Morgan fingerprint density at radius 3 is 2.68 bits per heavy atom. The molecular formula is C19H22N4O4S. The molecule has 8 nitrogen and oxygen atoms in total. The molecule has 1 aliphatic rings. The maximum Gasteiger partial charge on any atom is 0.285 e. The number of benzene rings is 1. The number of nitrogens with one attached hydrogen (secondary N) is 1. The van der Waals surface area contributed by atoms with Crippen LogP contribution in [0.15, 0.2) is 61.5 Å². The van der Waals surface area contributed by atoms with Crippen molar-refractivity contribution < 1.29 is 17.6 Å². The van der Waals surface area contributed by atoms with E-state index in [0.29, 0.717) is 11.3 Å². The monoisotopic (exact) mass is 402 g/mol. The minimum Gasteiger partial charge on any atom is -0.463 e. The van der Waals surface area contributed by atoms with Crippen molar-refractivity contribution >= 4 is 28.0 Å². The zero-order valence-corrected chi connectivity index (χ0v) is 16.7. The van der Waals surface area contributed by atoms with Crippen molar-refractivity contribution in [2.75, 3.05) is 6.54 Å². The van der Waals surface area contributed by atoms with E-state index in [-0.39, 0.29) is 35.1 Å². The van der Waals surface area contributed by atoms with E-state index in [2.05, 4.69) is 14.8 Å². The average Bonchev–Trinajstić information content (AvgIpc) is 3.20. The first kappa shape index (κ1) is 19.8. The number of carbonyl (C=O) groups excluding carboxylic acids is 1. The summed E-state index contributed by atoms with van der Waals surface area (Å²) in [6, 6.07) is 9.98. The summed E-state index contributed by atoms with van der Waals surface area (Å²) in [6.07, 6.45) is 3.08. The molecule has 0 fully saturated rings. The van der Waals surface area contributed by atoms with E-state index in [1.54, 1.807) is 30.3 Å². The zero-order valence-electron chi connectivity index (χ0n) is 15.9. The molecule has 0 unspecified atom stereocenters. The van der Waals surface area contributed by atoms with Gasteiger partial charge in [0.1, 0.15) is 10.7 Å². The van der Waals surface area contributed by atoms with Gasteiger partial charge in [0.15, 0.2) is 5.84 Å². The third kappa shape index (κ3) is 4.66. The molecule has 0 saturated carbocycles. The lowest BCUT2D eigenvalue weighted by molar-refractivity contribution is -0.122. The Balaban J connectivity index is 1.88. The van der Waals surface area contributed by atoms with Crippen LogP contribution in [0.1, 0.15) is 38.5 Å². The molecule has 148 valence electrons. The molecule has 0 aliphatic carbocycles. The molecule has 28 heavy (non-hydrogen) atoms. The number of sulfonamides is 1. The van der Waals surface area contributed by atoms with E-state index >= 15 is 0 Å². The Hall–Kier alpha value is -2.94. The SMILES string of the molecule is CC(C)(C)NC(=O)CCN(N=Cc1ccco1)C1=NS(=O)(=O)c2ccccc21. The molecule has 1 aromatic carbocycles. The lowest BCUT2D eigenvalue weighted by Gasteiger charge is -2.22. The zero-order chi connectivity index (χ0) is 20.4. The number of rotatable bonds is 5. The predicted molar refractivity (Wildman–Crippen MR) is 106 cm³/mol. The summed E-state index contributed by atoms with van der Waals surface area (Å²) in [5, 5.41) is 8.61. The normalized spacial score (nSPS) is 15.3. The van der Waals surface area contributed by atoms with Gasteiger partial charge in [-0.1, -0.05) is 12.1 Å². The maximum atomic E-state index is 12.4. The van der Waals surface area contributed by atoms with Crippen LogP contribution < -0.4 is 5.32 Å². The van der Waals surface area contributed by atoms with E-state index in [4.69, 9.17) is 4.42 Å². The molecule has 1 aliphatic heterocycles. The summed E-state index contributed by atoms with van der Waals surface area (Å²) in [5.74, 6) is 0.515. The van der Waals surface area contributed by atoms with Crippen LogP contribution >= 0.6 is 0 Å². The van der Waals surface area contributed by atoms with Crippen LogP contribution in [-0.2, 0) is 14.8 Å². The molecule has 0 radical (unpaired) electrons. The quantitative estimate of drug-likeness (QED) is 0.611. The van der Waals surface area contributed by atoms with Crippen LogP contribution in [0.25, 0.3) is 0 Å². The fourth-order valence-corrected chi connectivity index (χ4v) is 3.88. The van der Waals surface area contributed by atoms with Crippen LogP contribution in [0, 0.1) is 0 Å². The molecular weight excluding hydrogens is 380 g/mol. The average molecular weight is 402 g/mol. The number of hydrogen-bond acceptors (Lipinski definition) is 6. The molecule has 3 rings (SSSR count). The fraction of sp³-hybridized carbons (Fsp3) is 0.316. The minimum absolute atomic E-state index is 0.119. The molecule has 1 aromatic heterocycles. The van der Waals surface area contributed by atoms with Crippen molar-refractivity contribution in [1.82, 2.24) is 10.3 Å². The Bertz CT molecular complexity index is 1020. The van der Waals surface area contributed by atoms with Gasteiger partial charge in [-0.2, -0.15) is 13.5 Å². The number of amidine groups is 1. The van der Waals surface area contributed by atoms with Gasteiger partial charge in [-0.25, -0.2) is 5.01 Å². The molecule has 2 heterocycles. The van der Waals surface area contributed by atoms with Crippen molar-refractivity contribution in [3.63, 3.8) is 0 Å². The summed E-state index contributed by atoms with van der Waals surface area (Å²) in [4.78, 5) is 12.3. The molecule has 2 aromatic rings. The molecule has 0 saturated heterocycles. The van der Waals surface area contributed by atoms with Gasteiger partial charge in [-0.3, -0.25) is 4.79 Å². The van der Waals surface area contributed by atoms with Gasteiger partial charge in [-0.05, 0) is 45.0 Å². The van der Waals surface area contributed by atoms with Crippen LogP contribution in [-0.4, -0.2) is 43.5 Å². The standard InChI is InChI=1S/C19H22N4O4S/c1-19(2,3)21-17(24)10-11-23(20-13-14-7-6-12-27-14)18-15-8-4-5-9-16(15)28(25,26)22-18/h4-9,12-13H,10-11H2,1-3H3,(H,21,24). The van der Waals surface area contributed by atoms with Gasteiger partial charge in [0.05, 0.1) is 19.0 Å². The van der Waals surface area contributed by atoms with E-state index in [1.807, 2.05) is 20.8 Å². The third-order valence-electron chi connectivity index (χ3n) is 3.79. The van der Waals surface area contributed by atoms with E-state index in [1.165, 1.54) is 23.6 Å². The van der Waals surface area contributed by atoms with Gasteiger partial charge in [0.2, 0.25) is 5.91 Å². The third-order valence-corrected chi connectivity index (χ3v) is 5.11. The second kappa shape index (κ2) is 7.59. The minimum atomic E-state index is -3.79. The molecule has 0 spiro atoms. The van der Waals surface area contributed by atoms with E-state index < -0.39 is 10.0 Å². The number of amides is 1. The summed E-state index contributed by atoms with van der Waals surface area (Å²) in [6.45, 7) is 5.83. The van der Waals surface area contributed by atoms with Gasteiger partial charge in [0.25, 0.3) is 10.0 Å². The Kier molecular flexibility index (Phi) is 5.37. The highest BCUT2D eigenvalue weighted by Crippen LogP contribution is 2.27. The van der Waals surface area contributed by atoms with Crippen molar-refractivity contribution in [2.45, 2.75) is 37.6 Å². The van der Waals surface area contributed by atoms with Crippen LogP contribution in [0.5, 0.6) is 0 Å². The van der Waals surface area contributed by atoms with Crippen LogP contribution in [0.4, 0.5) is 0 Å². The van der Waals surface area contributed by atoms with Crippen LogP contribution in [0.2, 0.25) is 0 Å². The first-order chi connectivity index (χ1) is 13.2. The lowest BCUT2D eigenvalue weighted by Crippen LogP contribution is -2.42. The summed E-state index contributed by atoms with van der Waals surface area (Å²) >= 11 is 0. The van der Waals surface area contributed by atoms with Crippen molar-refractivity contribution in [2.24, 2.45) is 9.50 Å². The number of furan rings is 1. The first-order valence-corrected chi connectivity index (χ1v) is 10.2. The Labute approximate surface area is 164 Å². The number of fused-ring (bicyclic) bond motifs is 1. The Morgan fingerprint density at radius 1 is 1.25 bits per heavy atom. The Morgan fingerprint density at radius 2 is 2.00 bits per heavy atom. The van der Waals surface area contributed by atoms with E-state index in [0.717, 1.165) is 0 Å². The number of hydrazone groups is 1. The van der Waals surface area contributed by atoms with Crippen molar-refractivity contribution in [3.8, 4) is 0 Å². The largest absolute Gasteiger partial charge is 0.463 e. The lowest BCUT2D eigenvalue weighted by atomic mass is 10.1. The first-order valence-electron chi connectivity index (χ1n) is 8.76. The van der Waals surface area contributed by atoms with Crippen molar-refractivity contribution in [1.29, 1.82) is 0 Å². The highest BCUT2D eigenvalue weighted by atomic mass is 32.2. The summed E-state index contributed by atoms with van der Waals surface area (Å²) in [7, 11) is -3.79. The topological polar surface area (TPSA) is 104 Å².